The molecule has 0 unspecified atom stereocenters. The van der Waals surface area contributed by atoms with Gasteiger partial charge in [0.25, 0.3) is 0 Å². The average molecular weight is 405 g/mol. The molecule has 0 radical (unpaired) electrons. The van der Waals surface area contributed by atoms with E-state index in [-0.39, 0.29) is 0 Å². The smallest absolute Gasteiger partial charge is 0.224 e. The molecule has 0 aliphatic heterocycles. The van der Waals surface area contributed by atoms with Crippen LogP contribution in [0.3, 0.4) is 0 Å². The van der Waals surface area contributed by atoms with Crippen LogP contribution >= 0.6 is 38.5 Å². The summed E-state index contributed by atoms with van der Waals surface area (Å²) in [6.07, 6.45) is 1.72. The van der Waals surface area contributed by atoms with Gasteiger partial charge in [0, 0.05) is 16.8 Å². The van der Waals surface area contributed by atoms with E-state index in [1.54, 1.807) is 13.2 Å². The van der Waals surface area contributed by atoms with Crippen LogP contribution in [-0.4, -0.2) is 17.0 Å². The molecule has 2 aromatic rings. The van der Waals surface area contributed by atoms with E-state index in [9.17, 15) is 0 Å². The molecule has 0 amide bonds. The normalized spacial score (nSPS) is 10.1. The highest BCUT2D eigenvalue weighted by atomic mass is 127. The Morgan fingerprint density at radius 3 is 2.76 bits per heavy atom. The van der Waals surface area contributed by atoms with E-state index in [1.165, 1.54) is 0 Å². The molecule has 1 heterocycles. The highest BCUT2D eigenvalue weighted by Crippen LogP contribution is 2.26. The highest BCUT2D eigenvalue weighted by Gasteiger charge is 2.06. The van der Waals surface area contributed by atoms with E-state index < -0.39 is 0 Å². The second kappa shape index (κ2) is 5.63. The van der Waals surface area contributed by atoms with Crippen LogP contribution in [0.1, 0.15) is 0 Å². The first-order valence-corrected chi connectivity index (χ1v) is 6.79. The van der Waals surface area contributed by atoms with Crippen LogP contribution in [0, 0.1) is 3.57 Å². The van der Waals surface area contributed by atoms with Crippen molar-refractivity contribution in [3.05, 3.63) is 38.5 Å². The Balaban J connectivity index is 2.32. The van der Waals surface area contributed by atoms with Gasteiger partial charge < -0.3 is 10.6 Å². The minimum atomic E-state index is 0.585. The number of benzene rings is 1. The molecule has 0 saturated carbocycles. The van der Waals surface area contributed by atoms with Crippen molar-refractivity contribution in [2.24, 2.45) is 0 Å². The fourth-order valence-electron chi connectivity index (χ4n) is 1.27. The number of hydrogen-bond acceptors (Lipinski definition) is 4. The van der Waals surface area contributed by atoms with E-state index in [2.05, 4.69) is 59.1 Å². The van der Waals surface area contributed by atoms with Gasteiger partial charge in [-0.05, 0) is 50.7 Å². The van der Waals surface area contributed by atoms with E-state index >= 15 is 0 Å². The Morgan fingerprint density at radius 2 is 2.06 bits per heavy atom. The number of para-hydroxylation sites is 1. The lowest BCUT2D eigenvalue weighted by atomic mass is 10.3. The van der Waals surface area contributed by atoms with Crippen LogP contribution in [0.25, 0.3) is 0 Å². The summed E-state index contributed by atoms with van der Waals surface area (Å²) in [5, 5.41) is 6.18. The quantitative estimate of drug-likeness (QED) is 0.767. The van der Waals surface area contributed by atoms with Crippen LogP contribution in [0.4, 0.5) is 17.5 Å². The maximum absolute atomic E-state index is 4.34. The summed E-state index contributed by atoms with van der Waals surface area (Å²) < 4.78 is 1.97. The number of halogens is 2. The van der Waals surface area contributed by atoms with Gasteiger partial charge in [0.15, 0.2) is 0 Å². The molecule has 1 aromatic carbocycles. The van der Waals surface area contributed by atoms with E-state index in [0.717, 1.165) is 19.5 Å². The Morgan fingerprint density at radius 1 is 1.29 bits per heavy atom. The average Bonchev–Trinajstić information content (AvgIpc) is 2.35. The molecule has 0 aliphatic rings. The first kappa shape index (κ1) is 12.6. The molecule has 0 fully saturated rings. The van der Waals surface area contributed by atoms with Crippen molar-refractivity contribution in [3.8, 4) is 0 Å². The first-order valence-electron chi connectivity index (χ1n) is 4.92. The van der Waals surface area contributed by atoms with Gasteiger partial charge in [0.2, 0.25) is 5.95 Å². The van der Waals surface area contributed by atoms with Gasteiger partial charge in [0.05, 0.1) is 10.2 Å². The van der Waals surface area contributed by atoms with Gasteiger partial charge in [-0.25, -0.2) is 4.98 Å². The summed E-state index contributed by atoms with van der Waals surface area (Å²) in [7, 11) is 1.79. The van der Waals surface area contributed by atoms with Crippen molar-refractivity contribution in [1.82, 2.24) is 9.97 Å². The lowest BCUT2D eigenvalue weighted by Crippen LogP contribution is -2.01. The van der Waals surface area contributed by atoms with Crippen molar-refractivity contribution in [1.29, 1.82) is 0 Å². The fraction of sp³-hybridized carbons (Fsp3) is 0.0909. The predicted octanol–water partition coefficient (Wildman–Crippen LogP) is 3.63. The number of nitrogens with one attached hydrogen (secondary N) is 2. The zero-order valence-corrected chi connectivity index (χ0v) is 12.8. The molecule has 2 N–H and O–H groups in total. The van der Waals surface area contributed by atoms with Gasteiger partial charge in [-0.2, -0.15) is 4.98 Å². The number of anilines is 3. The van der Waals surface area contributed by atoms with Crippen LogP contribution in [0.15, 0.2) is 34.9 Å². The molecular weight excluding hydrogens is 395 g/mol. The summed E-state index contributed by atoms with van der Waals surface area (Å²) in [6.45, 7) is 0. The molecule has 0 saturated heterocycles. The standard InChI is InChI=1S/C11H10BrIN4/c1-14-11-15-6-7(12)10(17-11)16-9-5-3-2-4-8(9)13/h2-6H,1H3,(H2,14,15,16,17). The Bertz CT molecular complexity index is 533. The molecule has 4 nitrogen and oxygen atoms in total. The molecular formula is C11H10BrIN4. The molecule has 1 aromatic heterocycles. The third kappa shape index (κ3) is 3.06. The molecule has 0 atom stereocenters. The molecule has 0 bridgehead atoms. The zero-order valence-electron chi connectivity index (χ0n) is 9.04. The van der Waals surface area contributed by atoms with Crippen molar-refractivity contribution in [2.75, 3.05) is 17.7 Å². The topological polar surface area (TPSA) is 49.8 Å². The van der Waals surface area contributed by atoms with Crippen molar-refractivity contribution in [3.63, 3.8) is 0 Å². The van der Waals surface area contributed by atoms with Gasteiger partial charge >= 0.3 is 0 Å². The number of aromatic nitrogens is 2. The third-order valence-corrected chi connectivity index (χ3v) is 3.62. The Labute approximate surface area is 122 Å². The van der Waals surface area contributed by atoms with Gasteiger partial charge in [0.1, 0.15) is 5.82 Å². The van der Waals surface area contributed by atoms with Gasteiger partial charge in [-0.3, -0.25) is 0 Å². The molecule has 0 spiro atoms. The lowest BCUT2D eigenvalue weighted by molar-refractivity contribution is 1.14. The number of nitrogens with zero attached hydrogens (tertiary/aromatic N) is 2. The molecule has 0 aliphatic carbocycles. The molecule has 88 valence electrons. The summed E-state index contributed by atoms with van der Waals surface area (Å²) in [5.41, 5.74) is 1.02. The van der Waals surface area contributed by atoms with Crippen molar-refractivity contribution < 1.29 is 0 Å². The lowest BCUT2D eigenvalue weighted by Gasteiger charge is -2.10. The monoisotopic (exact) mass is 404 g/mol. The van der Waals surface area contributed by atoms with Crippen molar-refractivity contribution >= 4 is 56.0 Å². The van der Waals surface area contributed by atoms with Crippen LogP contribution in [0.5, 0.6) is 0 Å². The van der Waals surface area contributed by atoms with E-state index in [4.69, 9.17) is 0 Å². The van der Waals surface area contributed by atoms with Crippen LogP contribution < -0.4 is 10.6 Å². The summed E-state index contributed by atoms with van der Waals surface area (Å²) in [6, 6.07) is 8.03. The summed E-state index contributed by atoms with van der Waals surface area (Å²) in [5.74, 6) is 1.33. The summed E-state index contributed by atoms with van der Waals surface area (Å²) in [4.78, 5) is 8.45. The van der Waals surface area contributed by atoms with Crippen molar-refractivity contribution in [2.45, 2.75) is 0 Å². The van der Waals surface area contributed by atoms with Crippen LogP contribution in [-0.2, 0) is 0 Å². The van der Waals surface area contributed by atoms with E-state index in [0.29, 0.717) is 5.95 Å². The van der Waals surface area contributed by atoms with Gasteiger partial charge in [-0.1, -0.05) is 12.1 Å². The van der Waals surface area contributed by atoms with E-state index in [1.807, 2.05) is 24.3 Å². The SMILES string of the molecule is CNc1ncc(Br)c(Nc2ccccc2I)n1. The van der Waals surface area contributed by atoms with Gasteiger partial charge in [-0.15, -0.1) is 0 Å². The number of rotatable bonds is 3. The fourth-order valence-corrected chi connectivity index (χ4v) is 2.08. The molecule has 6 heteroatoms. The van der Waals surface area contributed by atoms with Crippen LogP contribution in [0.2, 0.25) is 0 Å². The Kier molecular flexibility index (Phi) is 4.16. The third-order valence-electron chi connectivity index (χ3n) is 2.09. The zero-order chi connectivity index (χ0) is 12.3. The maximum atomic E-state index is 4.34. The second-order valence-electron chi connectivity index (χ2n) is 3.24. The largest absolute Gasteiger partial charge is 0.357 e. The molecule has 17 heavy (non-hydrogen) atoms. The minimum absolute atomic E-state index is 0.585. The minimum Gasteiger partial charge on any atom is -0.357 e. The Hall–Kier alpha value is -0.890. The first-order chi connectivity index (χ1) is 8.20. The predicted molar refractivity (Wildman–Crippen MR) is 81.7 cm³/mol. The number of hydrogen-bond donors (Lipinski definition) is 2. The maximum Gasteiger partial charge on any atom is 0.224 e. The molecule has 2 rings (SSSR count). The second-order valence-corrected chi connectivity index (χ2v) is 5.26. The summed E-state index contributed by atoms with van der Waals surface area (Å²) >= 11 is 5.70. The highest BCUT2D eigenvalue weighted by molar-refractivity contribution is 14.1.